The van der Waals surface area contributed by atoms with Crippen LogP contribution in [-0.4, -0.2) is 37.5 Å². The molecule has 5 heteroatoms. The van der Waals surface area contributed by atoms with Gasteiger partial charge in [-0.05, 0) is 42.3 Å². The van der Waals surface area contributed by atoms with E-state index in [4.69, 9.17) is 0 Å². The number of para-hydroxylation sites is 1. The van der Waals surface area contributed by atoms with Gasteiger partial charge < -0.3 is 20.4 Å². The van der Waals surface area contributed by atoms with Crippen molar-refractivity contribution in [3.05, 3.63) is 95.1 Å². The maximum Gasteiger partial charge on any atom is 0.253 e. The Morgan fingerprint density at radius 3 is 2.58 bits per heavy atom. The highest BCUT2D eigenvalue weighted by Gasteiger charge is 2.34. The van der Waals surface area contributed by atoms with Gasteiger partial charge in [-0.1, -0.05) is 60.7 Å². The molecule has 31 heavy (non-hydrogen) atoms. The van der Waals surface area contributed by atoms with Crippen LogP contribution in [0.1, 0.15) is 33.2 Å². The lowest BCUT2D eigenvalue weighted by Crippen LogP contribution is -2.33. The minimum absolute atomic E-state index is 0.00990. The fraction of sp³-hybridized carbons (Fsp3) is 0.269. The summed E-state index contributed by atoms with van der Waals surface area (Å²) in [5, 5.41) is 6.62. The maximum atomic E-state index is 12.4. The summed E-state index contributed by atoms with van der Waals surface area (Å²) in [7, 11) is 2.18. The smallest absolute Gasteiger partial charge is 0.253 e. The van der Waals surface area contributed by atoms with Crippen molar-refractivity contribution in [3.8, 4) is 0 Å². The van der Waals surface area contributed by atoms with E-state index < -0.39 is 0 Å². The van der Waals surface area contributed by atoms with Gasteiger partial charge in [0.1, 0.15) is 6.17 Å². The Bertz CT molecular complexity index is 1060. The molecule has 5 rings (SSSR count). The van der Waals surface area contributed by atoms with Gasteiger partial charge in [-0.3, -0.25) is 4.79 Å². The molecular formula is C26H28N4O. The van der Waals surface area contributed by atoms with Gasteiger partial charge in [-0.2, -0.15) is 0 Å². The molecule has 1 unspecified atom stereocenters. The first-order valence-electron chi connectivity index (χ1n) is 10.9. The van der Waals surface area contributed by atoms with Crippen molar-refractivity contribution >= 4 is 17.3 Å². The number of anilines is 2. The highest BCUT2D eigenvalue weighted by Crippen LogP contribution is 2.43. The molecule has 0 spiro atoms. The van der Waals surface area contributed by atoms with Crippen LogP contribution in [0.15, 0.2) is 72.8 Å². The minimum atomic E-state index is 0.00990. The SMILES string of the molecule is CN(CCc1ccccc1)Cc1ccc(C2Nc3cccc4c3N2CCNC4=O)cc1. The number of hydrogen-bond donors (Lipinski definition) is 2. The van der Waals surface area contributed by atoms with Crippen molar-refractivity contribution in [2.24, 2.45) is 0 Å². The highest BCUT2D eigenvalue weighted by atomic mass is 16.1. The molecule has 1 amide bonds. The number of likely N-dealkylation sites (N-methyl/N-ethyl adjacent to an activating group) is 1. The van der Waals surface area contributed by atoms with E-state index in [0.29, 0.717) is 6.54 Å². The Labute approximate surface area is 183 Å². The summed E-state index contributed by atoms with van der Waals surface area (Å²) in [4.78, 5) is 17.1. The number of benzene rings is 3. The average molecular weight is 413 g/mol. The fourth-order valence-electron chi connectivity index (χ4n) is 4.56. The third-order valence-electron chi connectivity index (χ3n) is 6.18. The summed E-state index contributed by atoms with van der Waals surface area (Å²) in [6.45, 7) is 3.40. The standard InChI is InChI=1S/C26H28N4O/c1-29(16-14-19-6-3-2-4-7-19)18-20-10-12-21(13-11-20)25-28-23-9-5-8-22-24(23)30(25)17-15-27-26(22)31/h2-13,25,28H,14-18H2,1H3,(H,27,31). The molecule has 0 saturated carbocycles. The first-order valence-corrected chi connectivity index (χ1v) is 10.9. The van der Waals surface area contributed by atoms with Crippen LogP contribution in [0.2, 0.25) is 0 Å². The van der Waals surface area contributed by atoms with Crippen molar-refractivity contribution in [2.75, 3.05) is 36.9 Å². The average Bonchev–Trinajstić information content (AvgIpc) is 3.08. The largest absolute Gasteiger partial charge is 0.360 e. The van der Waals surface area contributed by atoms with Crippen LogP contribution in [0.25, 0.3) is 0 Å². The highest BCUT2D eigenvalue weighted by molar-refractivity contribution is 6.04. The second-order valence-corrected chi connectivity index (χ2v) is 8.41. The second-order valence-electron chi connectivity index (χ2n) is 8.41. The zero-order chi connectivity index (χ0) is 21.2. The van der Waals surface area contributed by atoms with Crippen LogP contribution < -0.4 is 15.5 Å². The molecule has 2 aliphatic rings. The second kappa shape index (κ2) is 8.44. The molecule has 158 valence electrons. The summed E-state index contributed by atoms with van der Waals surface area (Å²) < 4.78 is 0. The van der Waals surface area contributed by atoms with Gasteiger partial charge in [0.15, 0.2) is 0 Å². The summed E-state index contributed by atoms with van der Waals surface area (Å²) in [5.74, 6) is 0.00990. The van der Waals surface area contributed by atoms with Crippen molar-refractivity contribution in [1.29, 1.82) is 0 Å². The lowest BCUT2D eigenvalue weighted by molar-refractivity contribution is 0.0958. The van der Waals surface area contributed by atoms with Gasteiger partial charge in [0.05, 0.1) is 16.9 Å². The van der Waals surface area contributed by atoms with Crippen LogP contribution in [-0.2, 0) is 13.0 Å². The Balaban J connectivity index is 1.27. The number of hydrogen-bond acceptors (Lipinski definition) is 4. The summed E-state index contributed by atoms with van der Waals surface area (Å²) >= 11 is 0. The molecule has 2 aliphatic heterocycles. The van der Waals surface area contributed by atoms with E-state index in [-0.39, 0.29) is 12.1 Å². The monoisotopic (exact) mass is 412 g/mol. The molecule has 3 aromatic carbocycles. The van der Waals surface area contributed by atoms with Gasteiger partial charge in [-0.25, -0.2) is 0 Å². The molecule has 0 fully saturated rings. The zero-order valence-electron chi connectivity index (χ0n) is 17.8. The molecule has 0 saturated heterocycles. The van der Waals surface area contributed by atoms with E-state index in [1.807, 2.05) is 12.1 Å². The van der Waals surface area contributed by atoms with Gasteiger partial charge >= 0.3 is 0 Å². The molecule has 3 aromatic rings. The summed E-state index contributed by atoms with van der Waals surface area (Å²) in [6.07, 6.45) is 1.11. The topological polar surface area (TPSA) is 47.6 Å². The number of nitrogens with zero attached hydrogens (tertiary/aromatic N) is 2. The quantitative estimate of drug-likeness (QED) is 0.642. The third-order valence-corrected chi connectivity index (χ3v) is 6.18. The van der Waals surface area contributed by atoms with Crippen LogP contribution in [0.4, 0.5) is 11.4 Å². The van der Waals surface area contributed by atoms with E-state index in [9.17, 15) is 4.79 Å². The van der Waals surface area contributed by atoms with E-state index in [1.165, 1.54) is 16.7 Å². The molecule has 0 aliphatic carbocycles. The number of amides is 1. The van der Waals surface area contributed by atoms with Crippen LogP contribution >= 0.6 is 0 Å². The van der Waals surface area contributed by atoms with Gasteiger partial charge in [0.25, 0.3) is 5.91 Å². The van der Waals surface area contributed by atoms with Crippen LogP contribution in [0.5, 0.6) is 0 Å². The number of rotatable bonds is 6. The van der Waals surface area contributed by atoms with Gasteiger partial charge in [-0.15, -0.1) is 0 Å². The van der Waals surface area contributed by atoms with E-state index in [2.05, 4.69) is 88.1 Å². The third kappa shape index (κ3) is 4.01. The first kappa shape index (κ1) is 19.6. The Kier molecular flexibility index (Phi) is 5.35. The molecule has 2 heterocycles. The summed E-state index contributed by atoms with van der Waals surface area (Å²) in [5.41, 5.74) is 6.70. The van der Waals surface area contributed by atoms with E-state index in [1.54, 1.807) is 0 Å². The number of carbonyl (C=O) groups excluding carboxylic acids is 1. The fourth-order valence-corrected chi connectivity index (χ4v) is 4.56. The van der Waals surface area contributed by atoms with Crippen LogP contribution in [0.3, 0.4) is 0 Å². The molecule has 0 radical (unpaired) electrons. The van der Waals surface area contributed by atoms with E-state index >= 15 is 0 Å². The predicted molar refractivity (Wildman–Crippen MR) is 125 cm³/mol. The van der Waals surface area contributed by atoms with Crippen molar-refractivity contribution in [1.82, 2.24) is 10.2 Å². The maximum absolute atomic E-state index is 12.4. The van der Waals surface area contributed by atoms with E-state index in [0.717, 1.165) is 43.0 Å². The molecule has 2 N–H and O–H groups in total. The molecular weight excluding hydrogens is 384 g/mol. The number of carbonyl (C=O) groups is 1. The Morgan fingerprint density at radius 1 is 0.968 bits per heavy atom. The predicted octanol–water partition coefficient (Wildman–Crippen LogP) is 4.04. The number of nitrogens with one attached hydrogen (secondary N) is 2. The Hall–Kier alpha value is -3.31. The Morgan fingerprint density at radius 2 is 1.77 bits per heavy atom. The summed E-state index contributed by atoms with van der Waals surface area (Å²) in [6, 6.07) is 25.4. The van der Waals surface area contributed by atoms with Gasteiger partial charge in [0, 0.05) is 26.2 Å². The van der Waals surface area contributed by atoms with Crippen molar-refractivity contribution in [3.63, 3.8) is 0 Å². The lowest BCUT2D eigenvalue weighted by Gasteiger charge is -2.26. The van der Waals surface area contributed by atoms with Crippen molar-refractivity contribution < 1.29 is 4.79 Å². The molecule has 1 atom stereocenters. The van der Waals surface area contributed by atoms with Crippen molar-refractivity contribution in [2.45, 2.75) is 19.1 Å². The normalized spacial score (nSPS) is 17.2. The minimum Gasteiger partial charge on any atom is -0.360 e. The molecule has 0 bridgehead atoms. The van der Waals surface area contributed by atoms with Gasteiger partial charge in [0.2, 0.25) is 0 Å². The molecule has 0 aromatic heterocycles. The molecule has 5 nitrogen and oxygen atoms in total. The van der Waals surface area contributed by atoms with Crippen LogP contribution in [0, 0.1) is 0 Å². The lowest BCUT2D eigenvalue weighted by atomic mass is 10.1. The first-order chi connectivity index (χ1) is 15.2. The zero-order valence-corrected chi connectivity index (χ0v) is 17.8.